The molecule has 2 rings (SSSR count). The van der Waals surface area contributed by atoms with Crippen LogP contribution in [0.4, 0.5) is 0 Å². The Balaban J connectivity index is 2.12. The molecule has 1 heterocycles. The van der Waals surface area contributed by atoms with Crippen molar-refractivity contribution >= 4 is 0 Å². The standard InChI is InChI=1S/C17H28N2/c1-13-8-9-14(2)16(11-13)12-19-10-6-5-7-17(19)15(3)18-4/h8-9,11,15,17-18H,5-7,10,12H2,1-4H3. The van der Waals surface area contributed by atoms with Gasteiger partial charge in [-0.1, -0.05) is 30.2 Å². The van der Waals surface area contributed by atoms with Crippen LogP contribution in [-0.4, -0.2) is 30.6 Å². The number of nitrogens with one attached hydrogen (secondary N) is 1. The Labute approximate surface area is 118 Å². The molecule has 1 fully saturated rings. The van der Waals surface area contributed by atoms with Crippen molar-refractivity contribution in [3.63, 3.8) is 0 Å². The summed E-state index contributed by atoms with van der Waals surface area (Å²) in [6.07, 6.45) is 4.05. The normalized spacial score (nSPS) is 22.4. The molecule has 0 amide bonds. The van der Waals surface area contributed by atoms with E-state index in [1.54, 1.807) is 0 Å². The molecule has 106 valence electrons. The van der Waals surface area contributed by atoms with Crippen molar-refractivity contribution in [3.8, 4) is 0 Å². The third-order valence-electron chi connectivity index (χ3n) is 4.57. The lowest BCUT2D eigenvalue weighted by Gasteiger charge is -2.39. The van der Waals surface area contributed by atoms with Gasteiger partial charge < -0.3 is 5.32 Å². The third-order valence-corrected chi connectivity index (χ3v) is 4.57. The fourth-order valence-corrected chi connectivity index (χ4v) is 3.16. The number of nitrogens with zero attached hydrogens (tertiary/aromatic N) is 1. The van der Waals surface area contributed by atoms with Crippen LogP contribution in [-0.2, 0) is 6.54 Å². The van der Waals surface area contributed by atoms with Crippen LogP contribution in [0.3, 0.4) is 0 Å². The van der Waals surface area contributed by atoms with Crippen LogP contribution < -0.4 is 5.32 Å². The molecule has 0 aromatic heterocycles. The van der Waals surface area contributed by atoms with Gasteiger partial charge in [0.1, 0.15) is 0 Å². The van der Waals surface area contributed by atoms with Gasteiger partial charge in [0.15, 0.2) is 0 Å². The highest BCUT2D eigenvalue weighted by Gasteiger charge is 2.26. The fourth-order valence-electron chi connectivity index (χ4n) is 3.16. The van der Waals surface area contributed by atoms with Crippen LogP contribution >= 0.6 is 0 Å². The van der Waals surface area contributed by atoms with Gasteiger partial charge in [-0.25, -0.2) is 0 Å². The molecule has 1 aliphatic rings. The average Bonchev–Trinajstić information content (AvgIpc) is 2.42. The van der Waals surface area contributed by atoms with Crippen molar-refractivity contribution in [2.24, 2.45) is 0 Å². The van der Waals surface area contributed by atoms with Gasteiger partial charge in [-0.05, 0) is 58.3 Å². The van der Waals surface area contributed by atoms with E-state index in [4.69, 9.17) is 0 Å². The molecule has 0 saturated carbocycles. The van der Waals surface area contributed by atoms with Gasteiger partial charge in [-0.3, -0.25) is 4.90 Å². The highest BCUT2D eigenvalue weighted by atomic mass is 15.2. The summed E-state index contributed by atoms with van der Waals surface area (Å²) in [5.74, 6) is 0. The van der Waals surface area contributed by atoms with Crippen LogP contribution in [0.2, 0.25) is 0 Å². The van der Waals surface area contributed by atoms with Gasteiger partial charge in [0.25, 0.3) is 0 Å². The number of piperidine rings is 1. The van der Waals surface area contributed by atoms with Crippen molar-refractivity contribution < 1.29 is 0 Å². The topological polar surface area (TPSA) is 15.3 Å². The lowest BCUT2D eigenvalue weighted by molar-refractivity contribution is 0.114. The first-order valence-corrected chi connectivity index (χ1v) is 7.59. The van der Waals surface area contributed by atoms with E-state index < -0.39 is 0 Å². The van der Waals surface area contributed by atoms with E-state index in [0.29, 0.717) is 12.1 Å². The van der Waals surface area contributed by atoms with E-state index in [-0.39, 0.29) is 0 Å². The van der Waals surface area contributed by atoms with E-state index in [9.17, 15) is 0 Å². The van der Waals surface area contributed by atoms with Crippen LogP contribution in [0.1, 0.15) is 42.9 Å². The Morgan fingerprint density at radius 2 is 2.11 bits per heavy atom. The number of rotatable bonds is 4. The summed E-state index contributed by atoms with van der Waals surface area (Å²) in [4.78, 5) is 2.67. The zero-order valence-electron chi connectivity index (χ0n) is 12.9. The Hall–Kier alpha value is -0.860. The second-order valence-electron chi connectivity index (χ2n) is 6.04. The first-order valence-electron chi connectivity index (χ1n) is 7.59. The van der Waals surface area contributed by atoms with Crippen molar-refractivity contribution in [2.75, 3.05) is 13.6 Å². The van der Waals surface area contributed by atoms with Crippen LogP contribution in [0.25, 0.3) is 0 Å². The summed E-state index contributed by atoms with van der Waals surface area (Å²) in [7, 11) is 2.08. The number of likely N-dealkylation sites (N-methyl/N-ethyl adjacent to an activating group) is 1. The maximum Gasteiger partial charge on any atom is 0.0250 e. The van der Waals surface area contributed by atoms with Gasteiger partial charge >= 0.3 is 0 Å². The Morgan fingerprint density at radius 3 is 2.84 bits per heavy atom. The largest absolute Gasteiger partial charge is 0.316 e. The van der Waals surface area contributed by atoms with Crippen LogP contribution in [0.5, 0.6) is 0 Å². The van der Waals surface area contributed by atoms with Crippen molar-refractivity contribution in [1.29, 1.82) is 0 Å². The average molecular weight is 260 g/mol. The smallest absolute Gasteiger partial charge is 0.0250 e. The fraction of sp³-hybridized carbons (Fsp3) is 0.647. The molecule has 0 spiro atoms. The van der Waals surface area contributed by atoms with E-state index in [1.807, 2.05) is 0 Å². The first kappa shape index (κ1) is 14.5. The van der Waals surface area contributed by atoms with Gasteiger partial charge in [-0.2, -0.15) is 0 Å². The van der Waals surface area contributed by atoms with Gasteiger partial charge in [0, 0.05) is 18.6 Å². The predicted octanol–water partition coefficient (Wildman–Crippen LogP) is 3.27. The molecular formula is C17H28N2. The molecule has 1 aromatic rings. The van der Waals surface area contributed by atoms with E-state index in [2.05, 4.69) is 56.2 Å². The lowest BCUT2D eigenvalue weighted by atomic mass is 9.95. The van der Waals surface area contributed by atoms with Crippen molar-refractivity contribution in [2.45, 2.75) is 58.7 Å². The number of benzene rings is 1. The molecule has 1 saturated heterocycles. The monoisotopic (exact) mass is 260 g/mol. The van der Waals surface area contributed by atoms with Gasteiger partial charge in [0.05, 0.1) is 0 Å². The second kappa shape index (κ2) is 6.53. The van der Waals surface area contributed by atoms with E-state index in [0.717, 1.165) is 6.54 Å². The minimum absolute atomic E-state index is 0.574. The van der Waals surface area contributed by atoms with E-state index in [1.165, 1.54) is 42.5 Å². The molecular weight excluding hydrogens is 232 g/mol. The number of hydrogen-bond donors (Lipinski definition) is 1. The highest BCUT2D eigenvalue weighted by molar-refractivity contribution is 5.30. The molecule has 2 atom stereocenters. The maximum absolute atomic E-state index is 3.43. The second-order valence-corrected chi connectivity index (χ2v) is 6.04. The lowest BCUT2D eigenvalue weighted by Crippen LogP contribution is -2.49. The maximum atomic E-state index is 3.43. The highest BCUT2D eigenvalue weighted by Crippen LogP contribution is 2.23. The van der Waals surface area contributed by atoms with Crippen molar-refractivity contribution in [3.05, 3.63) is 34.9 Å². The molecule has 2 unspecified atom stereocenters. The van der Waals surface area contributed by atoms with Gasteiger partial charge in [0.2, 0.25) is 0 Å². The first-order chi connectivity index (χ1) is 9.11. The predicted molar refractivity (Wildman–Crippen MR) is 82.5 cm³/mol. The summed E-state index contributed by atoms with van der Waals surface area (Å²) < 4.78 is 0. The molecule has 1 N–H and O–H groups in total. The number of likely N-dealkylation sites (tertiary alicyclic amines) is 1. The Morgan fingerprint density at radius 1 is 1.32 bits per heavy atom. The van der Waals surface area contributed by atoms with Crippen molar-refractivity contribution in [1.82, 2.24) is 10.2 Å². The SMILES string of the molecule is CNC(C)C1CCCCN1Cc1cc(C)ccc1C. The molecule has 1 aromatic carbocycles. The summed E-state index contributed by atoms with van der Waals surface area (Å²) in [5, 5.41) is 3.43. The quantitative estimate of drug-likeness (QED) is 0.894. The summed E-state index contributed by atoms with van der Waals surface area (Å²) in [6, 6.07) is 8.07. The molecule has 2 nitrogen and oxygen atoms in total. The van der Waals surface area contributed by atoms with Crippen LogP contribution in [0, 0.1) is 13.8 Å². The minimum atomic E-state index is 0.574. The van der Waals surface area contributed by atoms with Gasteiger partial charge in [-0.15, -0.1) is 0 Å². The molecule has 2 heteroatoms. The summed E-state index contributed by atoms with van der Waals surface area (Å²) >= 11 is 0. The molecule has 0 aliphatic carbocycles. The molecule has 1 aliphatic heterocycles. The molecule has 0 bridgehead atoms. The summed E-state index contributed by atoms with van der Waals surface area (Å²) in [5.41, 5.74) is 4.29. The zero-order valence-corrected chi connectivity index (χ0v) is 12.9. The number of aryl methyl sites for hydroxylation is 2. The summed E-state index contributed by atoms with van der Waals surface area (Å²) in [6.45, 7) is 9.07. The molecule has 19 heavy (non-hydrogen) atoms. The molecule has 0 radical (unpaired) electrons. The Kier molecular flexibility index (Phi) is 5.00. The van der Waals surface area contributed by atoms with E-state index >= 15 is 0 Å². The minimum Gasteiger partial charge on any atom is -0.316 e. The Bertz CT molecular complexity index is 414. The zero-order chi connectivity index (χ0) is 13.8. The van der Waals surface area contributed by atoms with Crippen LogP contribution in [0.15, 0.2) is 18.2 Å². The third kappa shape index (κ3) is 3.58. The number of hydrogen-bond acceptors (Lipinski definition) is 2.